The van der Waals surface area contributed by atoms with E-state index in [-0.39, 0.29) is 0 Å². The summed E-state index contributed by atoms with van der Waals surface area (Å²) >= 11 is 0. The Morgan fingerprint density at radius 3 is 1.78 bits per heavy atom. The lowest BCUT2D eigenvalue weighted by molar-refractivity contribution is 0.375. The van der Waals surface area contributed by atoms with Crippen molar-refractivity contribution >= 4 is 0 Å². The second-order valence-electron chi connectivity index (χ2n) is 2.77. The SMILES string of the molecule is C[CH]C(C)C(CC)CC. The Morgan fingerprint density at radius 2 is 1.67 bits per heavy atom. The topological polar surface area (TPSA) is 0 Å². The fraction of sp³-hybridized carbons (Fsp3) is 0.889. The van der Waals surface area contributed by atoms with Gasteiger partial charge in [0.2, 0.25) is 0 Å². The molecule has 1 atom stereocenters. The van der Waals surface area contributed by atoms with Gasteiger partial charge in [-0.3, -0.25) is 0 Å². The van der Waals surface area contributed by atoms with Crippen molar-refractivity contribution in [3.8, 4) is 0 Å². The maximum Gasteiger partial charge on any atom is -0.0386 e. The van der Waals surface area contributed by atoms with Crippen LogP contribution in [0.3, 0.4) is 0 Å². The van der Waals surface area contributed by atoms with Crippen molar-refractivity contribution in [3.05, 3.63) is 6.42 Å². The first-order valence-corrected chi connectivity index (χ1v) is 4.05. The monoisotopic (exact) mass is 127 g/mol. The summed E-state index contributed by atoms with van der Waals surface area (Å²) in [6, 6.07) is 0. The molecule has 0 aromatic rings. The second kappa shape index (κ2) is 4.84. The van der Waals surface area contributed by atoms with Gasteiger partial charge in [0.15, 0.2) is 0 Å². The van der Waals surface area contributed by atoms with Crippen LogP contribution in [0, 0.1) is 18.3 Å². The van der Waals surface area contributed by atoms with Gasteiger partial charge < -0.3 is 0 Å². The molecule has 1 unspecified atom stereocenters. The molecule has 9 heavy (non-hydrogen) atoms. The fourth-order valence-corrected chi connectivity index (χ4v) is 1.30. The van der Waals surface area contributed by atoms with Crippen molar-refractivity contribution in [2.75, 3.05) is 0 Å². The van der Waals surface area contributed by atoms with Crippen LogP contribution in [-0.4, -0.2) is 0 Å². The van der Waals surface area contributed by atoms with E-state index in [1.165, 1.54) is 12.8 Å². The van der Waals surface area contributed by atoms with E-state index in [1.54, 1.807) is 0 Å². The summed E-state index contributed by atoms with van der Waals surface area (Å²) in [6.07, 6.45) is 4.95. The van der Waals surface area contributed by atoms with Gasteiger partial charge in [-0.25, -0.2) is 0 Å². The summed E-state index contributed by atoms with van der Waals surface area (Å²) in [5.41, 5.74) is 0. The molecule has 0 spiro atoms. The summed E-state index contributed by atoms with van der Waals surface area (Å²) in [7, 11) is 0. The van der Waals surface area contributed by atoms with E-state index < -0.39 is 0 Å². The molecule has 0 bridgehead atoms. The van der Waals surface area contributed by atoms with Gasteiger partial charge in [-0.1, -0.05) is 40.5 Å². The summed E-state index contributed by atoms with van der Waals surface area (Å²) in [5, 5.41) is 0. The highest BCUT2D eigenvalue weighted by Crippen LogP contribution is 2.20. The molecule has 0 saturated carbocycles. The second-order valence-corrected chi connectivity index (χ2v) is 2.77. The van der Waals surface area contributed by atoms with Gasteiger partial charge in [-0.05, 0) is 18.3 Å². The van der Waals surface area contributed by atoms with Crippen LogP contribution in [0.15, 0.2) is 0 Å². The molecular weight excluding hydrogens is 108 g/mol. The molecule has 0 aliphatic carbocycles. The summed E-state index contributed by atoms with van der Waals surface area (Å²) in [5.74, 6) is 1.72. The Bertz CT molecular complexity index is 53.1. The van der Waals surface area contributed by atoms with Crippen molar-refractivity contribution in [2.45, 2.75) is 40.5 Å². The van der Waals surface area contributed by atoms with Crippen molar-refractivity contribution < 1.29 is 0 Å². The van der Waals surface area contributed by atoms with Gasteiger partial charge in [0.05, 0.1) is 0 Å². The zero-order valence-corrected chi connectivity index (χ0v) is 7.15. The van der Waals surface area contributed by atoms with Gasteiger partial charge in [-0.15, -0.1) is 0 Å². The van der Waals surface area contributed by atoms with Crippen molar-refractivity contribution in [1.82, 2.24) is 0 Å². The van der Waals surface area contributed by atoms with E-state index >= 15 is 0 Å². The molecule has 0 fully saturated rings. The average molecular weight is 127 g/mol. The minimum absolute atomic E-state index is 0.806. The minimum atomic E-state index is 0.806. The lowest BCUT2D eigenvalue weighted by Gasteiger charge is -2.18. The van der Waals surface area contributed by atoms with E-state index in [4.69, 9.17) is 0 Å². The molecule has 0 nitrogen and oxygen atoms in total. The molecule has 0 aliphatic heterocycles. The van der Waals surface area contributed by atoms with Gasteiger partial charge in [0.1, 0.15) is 0 Å². The Kier molecular flexibility index (Phi) is 4.84. The zero-order chi connectivity index (χ0) is 7.28. The lowest BCUT2D eigenvalue weighted by Crippen LogP contribution is -2.08. The molecule has 55 valence electrons. The molecule has 0 rings (SSSR count). The molecule has 0 saturated heterocycles. The van der Waals surface area contributed by atoms with Crippen molar-refractivity contribution in [2.24, 2.45) is 11.8 Å². The van der Waals surface area contributed by atoms with Gasteiger partial charge >= 0.3 is 0 Å². The van der Waals surface area contributed by atoms with Gasteiger partial charge in [0.25, 0.3) is 0 Å². The quantitative estimate of drug-likeness (QED) is 0.543. The molecule has 0 heterocycles. The summed E-state index contributed by atoms with van der Waals surface area (Å²) in [6.45, 7) is 9.00. The number of rotatable bonds is 4. The molecule has 0 aromatic carbocycles. The van der Waals surface area contributed by atoms with Crippen LogP contribution in [0.1, 0.15) is 40.5 Å². The van der Waals surface area contributed by atoms with Crippen LogP contribution in [0.4, 0.5) is 0 Å². The van der Waals surface area contributed by atoms with Crippen LogP contribution in [0.5, 0.6) is 0 Å². The third-order valence-electron chi connectivity index (χ3n) is 2.32. The van der Waals surface area contributed by atoms with E-state index in [0.29, 0.717) is 0 Å². The highest BCUT2D eigenvalue weighted by molar-refractivity contribution is 4.73. The molecular formula is C9H19. The average Bonchev–Trinajstić information content (AvgIpc) is 1.90. The first kappa shape index (κ1) is 9.00. The normalized spacial score (nSPS) is 14.3. The van der Waals surface area contributed by atoms with Crippen molar-refractivity contribution in [3.63, 3.8) is 0 Å². The first-order valence-electron chi connectivity index (χ1n) is 4.05. The van der Waals surface area contributed by atoms with Crippen LogP contribution >= 0.6 is 0 Å². The van der Waals surface area contributed by atoms with E-state index in [9.17, 15) is 0 Å². The highest BCUT2D eigenvalue weighted by Gasteiger charge is 2.10. The van der Waals surface area contributed by atoms with E-state index in [2.05, 4.69) is 34.1 Å². The minimum Gasteiger partial charge on any atom is -0.0651 e. The third kappa shape index (κ3) is 2.88. The molecule has 1 radical (unpaired) electrons. The Labute approximate surface area is 59.7 Å². The van der Waals surface area contributed by atoms with Crippen molar-refractivity contribution in [1.29, 1.82) is 0 Å². The fourth-order valence-electron chi connectivity index (χ4n) is 1.30. The zero-order valence-electron chi connectivity index (χ0n) is 7.15. The first-order chi connectivity index (χ1) is 4.26. The van der Waals surface area contributed by atoms with Crippen LogP contribution in [-0.2, 0) is 0 Å². The molecule has 0 aromatic heterocycles. The maximum absolute atomic E-state index is 2.30. The van der Waals surface area contributed by atoms with Gasteiger partial charge in [-0.2, -0.15) is 0 Å². The molecule has 0 aliphatic rings. The number of hydrogen-bond donors (Lipinski definition) is 0. The summed E-state index contributed by atoms with van der Waals surface area (Å²) in [4.78, 5) is 0. The smallest absolute Gasteiger partial charge is 0.0386 e. The number of hydrogen-bond acceptors (Lipinski definition) is 0. The van der Waals surface area contributed by atoms with Crippen LogP contribution in [0.25, 0.3) is 0 Å². The molecule has 0 amide bonds. The Balaban J connectivity index is 3.50. The van der Waals surface area contributed by atoms with E-state index in [0.717, 1.165) is 11.8 Å². The predicted molar refractivity (Wildman–Crippen MR) is 43.2 cm³/mol. The maximum atomic E-state index is 2.30. The Hall–Kier alpha value is 0. The largest absolute Gasteiger partial charge is 0.0651 e. The molecule has 0 N–H and O–H groups in total. The van der Waals surface area contributed by atoms with Gasteiger partial charge in [0, 0.05) is 0 Å². The highest BCUT2D eigenvalue weighted by atomic mass is 14.2. The predicted octanol–water partition coefficient (Wildman–Crippen LogP) is 3.28. The Morgan fingerprint density at radius 1 is 1.22 bits per heavy atom. The van der Waals surface area contributed by atoms with E-state index in [1.807, 2.05) is 0 Å². The van der Waals surface area contributed by atoms with Crippen LogP contribution < -0.4 is 0 Å². The third-order valence-corrected chi connectivity index (χ3v) is 2.32. The summed E-state index contributed by atoms with van der Waals surface area (Å²) < 4.78 is 0. The lowest BCUT2D eigenvalue weighted by atomic mass is 9.88. The standard InChI is InChI=1S/C9H19/c1-5-8(4)9(6-2)7-3/h5,8-9H,6-7H2,1-4H3. The molecule has 0 heteroatoms. The van der Waals surface area contributed by atoms with Crippen LogP contribution in [0.2, 0.25) is 0 Å².